The van der Waals surface area contributed by atoms with Gasteiger partial charge in [0.25, 0.3) is 9.05 Å². The zero-order valence-electron chi connectivity index (χ0n) is 8.59. The van der Waals surface area contributed by atoms with E-state index in [4.69, 9.17) is 20.5 Å². The van der Waals surface area contributed by atoms with E-state index in [-0.39, 0.29) is 5.56 Å². The van der Waals surface area contributed by atoms with Gasteiger partial charge in [-0.15, -0.1) is 0 Å². The lowest BCUT2D eigenvalue weighted by Gasteiger charge is -2.10. The van der Waals surface area contributed by atoms with Gasteiger partial charge in [-0.1, -0.05) is 12.1 Å². The molecule has 1 N–H and O–H groups in total. The summed E-state index contributed by atoms with van der Waals surface area (Å²) < 4.78 is 27.7. The van der Waals surface area contributed by atoms with Gasteiger partial charge in [-0.05, 0) is 17.2 Å². The maximum Gasteiger partial charge on any atom is 0.327 e. The molecule has 0 amide bonds. The third kappa shape index (κ3) is 2.37. The number of fused-ring (bicyclic) bond motifs is 1. The van der Waals surface area contributed by atoms with Crippen LogP contribution >= 0.6 is 10.7 Å². The summed E-state index contributed by atoms with van der Waals surface area (Å²) in [4.78, 5) is 11.0. The molecule has 7 heteroatoms. The van der Waals surface area contributed by atoms with Crippen LogP contribution in [0, 0.1) is 0 Å². The van der Waals surface area contributed by atoms with Crippen LogP contribution in [0.1, 0.15) is 16.4 Å². The van der Waals surface area contributed by atoms with Crippen molar-refractivity contribution in [2.45, 2.75) is 11.7 Å². The average Bonchev–Trinajstić information content (AvgIpc) is 2.61. The third-order valence-corrected chi connectivity index (χ3v) is 4.09. The minimum atomic E-state index is -4.20. The van der Waals surface area contributed by atoms with Gasteiger partial charge < -0.3 is 9.84 Å². The molecule has 0 fully saturated rings. The minimum Gasteiger partial charge on any atom is -0.493 e. The van der Waals surface area contributed by atoms with Gasteiger partial charge in [0.15, 0.2) is 5.25 Å². The maximum atomic E-state index is 11.2. The van der Waals surface area contributed by atoms with Crippen LogP contribution in [-0.2, 0) is 20.3 Å². The highest BCUT2D eigenvalue weighted by Gasteiger charge is 2.33. The Bertz CT molecular complexity index is 566. The van der Waals surface area contributed by atoms with E-state index >= 15 is 0 Å². The van der Waals surface area contributed by atoms with Crippen LogP contribution in [0.2, 0.25) is 0 Å². The molecule has 92 valence electrons. The van der Waals surface area contributed by atoms with E-state index in [1.165, 1.54) is 12.1 Å². The first kappa shape index (κ1) is 12.2. The van der Waals surface area contributed by atoms with Crippen molar-refractivity contribution in [1.29, 1.82) is 0 Å². The predicted octanol–water partition coefficient (Wildman–Crippen LogP) is 1.32. The highest BCUT2D eigenvalue weighted by Crippen LogP contribution is 2.32. The van der Waals surface area contributed by atoms with Crippen LogP contribution in [0.25, 0.3) is 0 Å². The molecule has 1 aliphatic heterocycles. The largest absolute Gasteiger partial charge is 0.493 e. The fourth-order valence-corrected chi connectivity index (χ4v) is 3.04. The first-order chi connectivity index (χ1) is 7.89. The van der Waals surface area contributed by atoms with E-state index in [0.29, 0.717) is 18.8 Å². The Balaban J connectivity index is 2.48. The highest BCUT2D eigenvalue weighted by molar-refractivity contribution is 8.14. The summed E-state index contributed by atoms with van der Waals surface area (Å²) in [5, 5.41) is 7.18. The van der Waals surface area contributed by atoms with Crippen molar-refractivity contribution in [3.8, 4) is 5.75 Å². The number of halogens is 1. The van der Waals surface area contributed by atoms with Crippen molar-refractivity contribution in [1.82, 2.24) is 0 Å². The molecular weight excluding hydrogens is 268 g/mol. The summed E-state index contributed by atoms with van der Waals surface area (Å²) >= 11 is 0. The number of ether oxygens (including phenoxy) is 1. The zero-order valence-corrected chi connectivity index (χ0v) is 10.2. The van der Waals surface area contributed by atoms with Crippen LogP contribution in [0.3, 0.4) is 0 Å². The molecule has 0 aliphatic carbocycles. The van der Waals surface area contributed by atoms with Gasteiger partial charge in [-0.2, -0.15) is 0 Å². The van der Waals surface area contributed by atoms with Crippen LogP contribution in [-0.4, -0.2) is 26.1 Å². The van der Waals surface area contributed by atoms with Gasteiger partial charge in [0.05, 0.1) is 6.61 Å². The monoisotopic (exact) mass is 276 g/mol. The molecule has 17 heavy (non-hydrogen) atoms. The molecular formula is C10H9ClO5S. The first-order valence-electron chi connectivity index (χ1n) is 4.81. The van der Waals surface area contributed by atoms with Gasteiger partial charge in [0, 0.05) is 17.1 Å². The highest BCUT2D eigenvalue weighted by atomic mass is 35.7. The molecule has 0 saturated carbocycles. The van der Waals surface area contributed by atoms with Crippen molar-refractivity contribution in [2.75, 3.05) is 6.61 Å². The van der Waals surface area contributed by atoms with Crippen molar-refractivity contribution in [3.63, 3.8) is 0 Å². The van der Waals surface area contributed by atoms with Crippen molar-refractivity contribution in [3.05, 3.63) is 29.3 Å². The quantitative estimate of drug-likeness (QED) is 0.842. The summed E-state index contributed by atoms with van der Waals surface area (Å²) in [5.74, 6) is -0.830. The second-order valence-corrected chi connectivity index (χ2v) is 6.37. The molecule has 5 nitrogen and oxygen atoms in total. The zero-order chi connectivity index (χ0) is 12.6. The minimum absolute atomic E-state index is 0.150. The summed E-state index contributed by atoms with van der Waals surface area (Å²) in [5.41, 5.74) is 0.950. The molecule has 0 spiro atoms. The van der Waals surface area contributed by atoms with Crippen LogP contribution in [0.15, 0.2) is 18.2 Å². The number of carboxylic acids is 1. The van der Waals surface area contributed by atoms with Crippen molar-refractivity contribution < 1.29 is 23.1 Å². The molecule has 1 aromatic rings. The van der Waals surface area contributed by atoms with Gasteiger partial charge >= 0.3 is 5.97 Å². The average molecular weight is 277 g/mol. The lowest BCUT2D eigenvalue weighted by molar-refractivity contribution is -0.136. The summed E-state index contributed by atoms with van der Waals surface area (Å²) in [7, 11) is 0.937. The lowest BCUT2D eigenvalue weighted by atomic mass is 10.1. The fourth-order valence-electron chi connectivity index (χ4n) is 1.80. The SMILES string of the molecule is O=C(O)C(c1ccc2c(c1)CCO2)S(=O)(=O)Cl. The number of carbonyl (C=O) groups is 1. The van der Waals surface area contributed by atoms with Crippen LogP contribution in [0.4, 0.5) is 0 Å². The van der Waals surface area contributed by atoms with Gasteiger partial charge in [-0.3, -0.25) is 4.79 Å². The second kappa shape index (κ2) is 4.19. The molecule has 0 bridgehead atoms. The third-order valence-electron chi connectivity index (χ3n) is 2.52. The smallest absolute Gasteiger partial charge is 0.327 e. The Labute approximate surface area is 102 Å². The first-order valence-corrected chi connectivity index (χ1v) is 7.19. The number of benzene rings is 1. The molecule has 1 aliphatic rings. The maximum absolute atomic E-state index is 11.2. The fraction of sp³-hybridized carbons (Fsp3) is 0.300. The predicted molar refractivity (Wildman–Crippen MR) is 60.8 cm³/mol. The van der Waals surface area contributed by atoms with Gasteiger partial charge in [0.1, 0.15) is 5.75 Å². The summed E-state index contributed by atoms with van der Waals surface area (Å²) in [6.45, 7) is 0.518. The van der Waals surface area contributed by atoms with Crippen LogP contribution in [0.5, 0.6) is 5.75 Å². The van der Waals surface area contributed by atoms with E-state index in [0.717, 1.165) is 5.56 Å². The van der Waals surface area contributed by atoms with Gasteiger partial charge in [-0.25, -0.2) is 8.42 Å². The number of aliphatic carboxylic acids is 1. The lowest BCUT2D eigenvalue weighted by Crippen LogP contribution is -2.18. The second-order valence-electron chi connectivity index (χ2n) is 3.66. The van der Waals surface area contributed by atoms with E-state index in [9.17, 15) is 13.2 Å². The summed E-state index contributed by atoms with van der Waals surface area (Å²) in [6.07, 6.45) is 0.637. The Hall–Kier alpha value is -1.27. The number of hydrogen-bond acceptors (Lipinski definition) is 4. The number of carboxylic acid groups (broad SMARTS) is 1. The number of hydrogen-bond donors (Lipinski definition) is 1. The molecule has 1 aromatic carbocycles. The topological polar surface area (TPSA) is 80.7 Å². The number of rotatable bonds is 3. The Kier molecular flexibility index (Phi) is 3.01. The van der Waals surface area contributed by atoms with Crippen LogP contribution < -0.4 is 4.74 Å². The van der Waals surface area contributed by atoms with Gasteiger partial charge in [0.2, 0.25) is 0 Å². The summed E-state index contributed by atoms with van der Waals surface area (Å²) in [6, 6.07) is 4.49. The molecule has 1 heterocycles. The Morgan fingerprint density at radius 3 is 2.76 bits per heavy atom. The molecule has 0 radical (unpaired) electrons. The van der Waals surface area contributed by atoms with Crippen molar-refractivity contribution >= 4 is 25.7 Å². The molecule has 1 atom stereocenters. The molecule has 0 aromatic heterocycles. The Morgan fingerprint density at radius 2 is 2.18 bits per heavy atom. The Morgan fingerprint density at radius 1 is 1.47 bits per heavy atom. The van der Waals surface area contributed by atoms with E-state index < -0.39 is 20.3 Å². The van der Waals surface area contributed by atoms with E-state index in [1.54, 1.807) is 6.07 Å². The standard InChI is InChI=1S/C10H9ClO5S/c11-17(14,15)9(10(12)13)7-1-2-8-6(5-7)3-4-16-8/h1-2,5,9H,3-4H2,(H,12,13). The van der Waals surface area contributed by atoms with E-state index in [1.807, 2.05) is 0 Å². The van der Waals surface area contributed by atoms with E-state index in [2.05, 4.69) is 0 Å². The normalized spacial score (nSPS) is 16.1. The molecule has 2 rings (SSSR count). The van der Waals surface area contributed by atoms with Crippen molar-refractivity contribution in [2.24, 2.45) is 0 Å². The molecule has 1 unspecified atom stereocenters. The molecule has 0 saturated heterocycles.